The van der Waals surface area contributed by atoms with Crippen molar-refractivity contribution in [1.29, 1.82) is 0 Å². The molecule has 0 unspecified atom stereocenters. The Bertz CT molecular complexity index is 660. The first-order valence-electron chi connectivity index (χ1n) is 8.36. The van der Waals surface area contributed by atoms with Crippen molar-refractivity contribution in [3.05, 3.63) is 29.3 Å². The Labute approximate surface area is 142 Å². The smallest absolute Gasteiger partial charge is 0.256 e. The van der Waals surface area contributed by atoms with Crippen LogP contribution in [0, 0.1) is 0 Å². The summed E-state index contributed by atoms with van der Waals surface area (Å²) in [7, 11) is 1.62. The van der Waals surface area contributed by atoms with E-state index >= 15 is 0 Å². The van der Waals surface area contributed by atoms with Crippen LogP contribution in [0.4, 0.5) is 0 Å². The van der Waals surface area contributed by atoms with Crippen molar-refractivity contribution in [3.63, 3.8) is 0 Å². The molecule has 6 heteroatoms. The number of hydrogen-bond donors (Lipinski definition) is 1. The van der Waals surface area contributed by atoms with Crippen LogP contribution in [0.3, 0.4) is 0 Å². The number of hydrogen-bond acceptors (Lipinski definition) is 4. The minimum atomic E-state index is -1.47. The second-order valence-corrected chi connectivity index (χ2v) is 6.69. The molecule has 0 bridgehead atoms. The predicted octanol–water partition coefficient (Wildman–Crippen LogP) is 0.953. The zero-order chi connectivity index (χ0) is 17.3. The number of carbonyl (C=O) groups excluding carboxylic acids is 2. The Morgan fingerprint density at radius 1 is 1.21 bits per heavy atom. The molecule has 24 heavy (non-hydrogen) atoms. The zero-order valence-corrected chi connectivity index (χ0v) is 14.2. The number of amides is 2. The lowest BCUT2D eigenvalue weighted by molar-refractivity contribution is -0.160. The van der Waals surface area contributed by atoms with E-state index in [9.17, 15) is 14.7 Å². The van der Waals surface area contributed by atoms with Crippen LogP contribution in [0.5, 0.6) is 5.75 Å². The maximum atomic E-state index is 12.9. The van der Waals surface area contributed by atoms with E-state index in [0.29, 0.717) is 32.5 Å². The molecule has 130 valence electrons. The van der Waals surface area contributed by atoms with Gasteiger partial charge in [-0.05, 0) is 42.5 Å². The fraction of sp³-hybridized carbons (Fsp3) is 0.556. The average Bonchev–Trinajstić information content (AvgIpc) is 2.60. The van der Waals surface area contributed by atoms with Crippen LogP contribution in [-0.4, -0.2) is 59.1 Å². The van der Waals surface area contributed by atoms with Crippen molar-refractivity contribution in [3.8, 4) is 5.75 Å². The maximum Gasteiger partial charge on any atom is 0.256 e. The van der Waals surface area contributed by atoms with Gasteiger partial charge >= 0.3 is 0 Å². The van der Waals surface area contributed by atoms with E-state index in [-0.39, 0.29) is 18.4 Å². The summed E-state index contributed by atoms with van der Waals surface area (Å²) in [6.07, 6.45) is 1.80. The van der Waals surface area contributed by atoms with Gasteiger partial charge in [0.15, 0.2) is 5.60 Å². The number of nitrogens with zero attached hydrogens (tertiary/aromatic N) is 2. The molecule has 0 saturated carbocycles. The highest BCUT2D eigenvalue weighted by Crippen LogP contribution is 2.28. The minimum absolute atomic E-state index is 0.0859. The van der Waals surface area contributed by atoms with Crippen molar-refractivity contribution in [2.24, 2.45) is 0 Å². The molecule has 0 aliphatic carbocycles. The van der Waals surface area contributed by atoms with Gasteiger partial charge in [0, 0.05) is 26.6 Å². The van der Waals surface area contributed by atoms with Gasteiger partial charge in [0.2, 0.25) is 5.91 Å². The first-order valence-corrected chi connectivity index (χ1v) is 8.36. The Morgan fingerprint density at radius 2 is 2.00 bits per heavy atom. The van der Waals surface area contributed by atoms with Gasteiger partial charge in [-0.1, -0.05) is 6.07 Å². The SMILES string of the molecule is COc1ccc2c(c1)CN(C(=O)[C@@]1(O)CCCN(C(C)=O)C1)CC2. The van der Waals surface area contributed by atoms with Crippen LogP contribution >= 0.6 is 0 Å². The van der Waals surface area contributed by atoms with Gasteiger partial charge < -0.3 is 19.6 Å². The van der Waals surface area contributed by atoms with Crippen LogP contribution in [0.15, 0.2) is 18.2 Å². The summed E-state index contributed by atoms with van der Waals surface area (Å²) < 4.78 is 5.26. The number of methoxy groups -OCH3 is 1. The number of fused-ring (bicyclic) bond motifs is 1. The largest absolute Gasteiger partial charge is 0.497 e. The van der Waals surface area contributed by atoms with E-state index in [0.717, 1.165) is 17.7 Å². The minimum Gasteiger partial charge on any atom is -0.497 e. The number of piperidine rings is 1. The molecular formula is C18H24N2O4. The highest BCUT2D eigenvalue weighted by atomic mass is 16.5. The van der Waals surface area contributed by atoms with Crippen molar-refractivity contribution in [2.45, 2.75) is 38.3 Å². The van der Waals surface area contributed by atoms with Crippen molar-refractivity contribution < 1.29 is 19.4 Å². The lowest BCUT2D eigenvalue weighted by atomic mass is 9.89. The lowest BCUT2D eigenvalue weighted by Gasteiger charge is -2.41. The van der Waals surface area contributed by atoms with E-state index in [1.807, 2.05) is 18.2 Å². The quantitative estimate of drug-likeness (QED) is 0.875. The van der Waals surface area contributed by atoms with Crippen LogP contribution in [0.2, 0.25) is 0 Å². The summed E-state index contributed by atoms with van der Waals surface area (Å²) in [5, 5.41) is 10.9. The number of benzene rings is 1. The van der Waals surface area contributed by atoms with E-state index in [1.54, 1.807) is 16.9 Å². The van der Waals surface area contributed by atoms with E-state index in [1.165, 1.54) is 12.5 Å². The third kappa shape index (κ3) is 3.11. The monoisotopic (exact) mass is 332 g/mol. The molecule has 2 amide bonds. The first kappa shape index (κ1) is 16.8. The van der Waals surface area contributed by atoms with Crippen molar-refractivity contribution in [1.82, 2.24) is 9.80 Å². The molecule has 0 aromatic heterocycles. The van der Waals surface area contributed by atoms with E-state index in [4.69, 9.17) is 4.74 Å². The summed E-state index contributed by atoms with van der Waals surface area (Å²) in [5.41, 5.74) is 0.790. The fourth-order valence-electron chi connectivity index (χ4n) is 3.61. The topological polar surface area (TPSA) is 70.1 Å². The summed E-state index contributed by atoms with van der Waals surface area (Å²) in [4.78, 5) is 27.8. The Morgan fingerprint density at radius 3 is 2.71 bits per heavy atom. The Hall–Kier alpha value is -2.08. The fourth-order valence-corrected chi connectivity index (χ4v) is 3.61. The molecule has 3 rings (SSSR count). The van der Waals surface area contributed by atoms with Gasteiger partial charge in [0.05, 0.1) is 13.7 Å². The number of likely N-dealkylation sites (tertiary alicyclic amines) is 1. The van der Waals surface area contributed by atoms with Crippen LogP contribution in [-0.2, 0) is 22.6 Å². The molecule has 2 aliphatic heterocycles. The second-order valence-electron chi connectivity index (χ2n) is 6.69. The molecule has 1 fully saturated rings. The van der Waals surface area contributed by atoms with Gasteiger partial charge in [0.1, 0.15) is 5.75 Å². The average molecular weight is 332 g/mol. The predicted molar refractivity (Wildman–Crippen MR) is 88.6 cm³/mol. The third-order valence-corrected chi connectivity index (χ3v) is 5.03. The maximum absolute atomic E-state index is 12.9. The highest BCUT2D eigenvalue weighted by Gasteiger charge is 2.43. The van der Waals surface area contributed by atoms with E-state index in [2.05, 4.69) is 0 Å². The molecule has 1 saturated heterocycles. The molecular weight excluding hydrogens is 308 g/mol. The normalized spacial score (nSPS) is 23.6. The number of ether oxygens (including phenoxy) is 1. The number of carbonyl (C=O) groups is 2. The zero-order valence-electron chi connectivity index (χ0n) is 14.2. The van der Waals surface area contributed by atoms with Crippen LogP contribution < -0.4 is 4.74 Å². The van der Waals surface area contributed by atoms with Gasteiger partial charge in [-0.3, -0.25) is 9.59 Å². The number of rotatable bonds is 2. The number of aliphatic hydroxyl groups is 1. The second kappa shape index (κ2) is 6.43. The molecule has 0 spiro atoms. The van der Waals surface area contributed by atoms with Gasteiger partial charge in [-0.2, -0.15) is 0 Å². The van der Waals surface area contributed by atoms with Crippen molar-refractivity contribution in [2.75, 3.05) is 26.7 Å². The summed E-state index contributed by atoms with van der Waals surface area (Å²) >= 11 is 0. The third-order valence-electron chi connectivity index (χ3n) is 5.03. The van der Waals surface area contributed by atoms with Gasteiger partial charge in [-0.15, -0.1) is 0 Å². The molecule has 1 N–H and O–H groups in total. The summed E-state index contributed by atoms with van der Waals surface area (Å²) in [6.45, 7) is 3.21. The molecule has 0 radical (unpaired) electrons. The molecule has 2 heterocycles. The number of β-amino-alcohol motifs (C(OH)–C–C–N with tert-alkyl or cyclic N) is 1. The molecule has 6 nitrogen and oxygen atoms in total. The summed E-state index contributed by atoms with van der Waals surface area (Å²) in [5.74, 6) is 0.388. The molecule has 2 aliphatic rings. The highest BCUT2D eigenvalue weighted by molar-refractivity contribution is 5.86. The molecule has 1 atom stereocenters. The van der Waals surface area contributed by atoms with Gasteiger partial charge in [-0.25, -0.2) is 0 Å². The first-order chi connectivity index (χ1) is 11.4. The lowest BCUT2D eigenvalue weighted by Crippen LogP contribution is -2.59. The summed E-state index contributed by atoms with van der Waals surface area (Å²) in [6, 6.07) is 5.90. The molecule has 1 aromatic carbocycles. The van der Waals surface area contributed by atoms with Crippen molar-refractivity contribution >= 4 is 11.8 Å². The Kier molecular flexibility index (Phi) is 4.49. The molecule has 1 aromatic rings. The standard InChI is InChI=1S/C18H24N2O4/c1-13(21)20-8-3-7-18(23,12-20)17(22)19-9-6-14-4-5-16(24-2)10-15(14)11-19/h4-5,10,23H,3,6-9,11-12H2,1-2H3/t18-/m1/s1. The van der Waals surface area contributed by atoms with Gasteiger partial charge in [0.25, 0.3) is 5.91 Å². The van der Waals surface area contributed by atoms with Crippen LogP contribution in [0.25, 0.3) is 0 Å². The Balaban J connectivity index is 1.76. The van der Waals surface area contributed by atoms with Crippen LogP contribution in [0.1, 0.15) is 30.9 Å². The van der Waals surface area contributed by atoms with E-state index < -0.39 is 5.60 Å².